The van der Waals surface area contributed by atoms with Crippen LogP contribution >= 0.6 is 11.6 Å². The van der Waals surface area contributed by atoms with Crippen molar-refractivity contribution in [2.75, 3.05) is 4.90 Å². The van der Waals surface area contributed by atoms with E-state index in [1.807, 2.05) is 12.2 Å². The van der Waals surface area contributed by atoms with E-state index in [-0.39, 0.29) is 46.2 Å². The number of carbonyl (C=O) groups excluding carboxylic acids is 2. The van der Waals surface area contributed by atoms with Gasteiger partial charge in [-0.25, -0.2) is 9.29 Å². The minimum Gasteiger partial charge on any atom is -0.274 e. The van der Waals surface area contributed by atoms with Gasteiger partial charge in [-0.1, -0.05) is 23.8 Å². The van der Waals surface area contributed by atoms with Gasteiger partial charge in [0.25, 0.3) is 0 Å². The van der Waals surface area contributed by atoms with Crippen LogP contribution in [0.3, 0.4) is 0 Å². The fourth-order valence-corrected chi connectivity index (χ4v) is 3.96. The van der Waals surface area contributed by atoms with E-state index in [0.29, 0.717) is 0 Å². The third-order valence-corrected chi connectivity index (χ3v) is 4.86. The molecule has 1 aliphatic heterocycles. The lowest BCUT2D eigenvalue weighted by atomic mass is 9.85. The molecule has 2 bridgehead atoms. The summed E-state index contributed by atoms with van der Waals surface area (Å²) in [6, 6.07) is 4.00. The van der Waals surface area contributed by atoms with Crippen LogP contribution in [-0.2, 0) is 9.59 Å². The van der Waals surface area contributed by atoms with Crippen LogP contribution in [0.2, 0.25) is 5.02 Å². The van der Waals surface area contributed by atoms with E-state index in [9.17, 15) is 14.0 Å². The highest BCUT2D eigenvalue weighted by molar-refractivity contribution is 6.31. The quantitative estimate of drug-likeness (QED) is 0.589. The molecule has 0 aromatic heterocycles. The zero-order valence-electron chi connectivity index (χ0n) is 10.4. The summed E-state index contributed by atoms with van der Waals surface area (Å²) in [5, 5.41) is 0.243. The van der Waals surface area contributed by atoms with Crippen LogP contribution in [0, 0.1) is 29.5 Å². The second-order valence-corrected chi connectivity index (χ2v) is 6.04. The van der Waals surface area contributed by atoms with Gasteiger partial charge in [0.2, 0.25) is 11.8 Å². The van der Waals surface area contributed by atoms with Gasteiger partial charge in [0.05, 0.1) is 17.5 Å². The molecule has 1 saturated carbocycles. The molecule has 4 unspecified atom stereocenters. The fourth-order valence-electron chi connectivity index (χ4n) is 3.80. The maximum atomic E-state index is 14.0. The maximum Gasteiger partial charge on any atom is 0.238 e. The molecule has 20 heavy (non-hydrogen) atoms. The molecule has 1 heterocycles. The molecule has 5 heteroatoms. The molecular weight excluding hydrogens is 281 g/mol. The molecule has 1 saturated heterocycles. The van der Waals surface area contributed by atoms with Gasteiger partial charge in [-0.05, 0) is 36.5 Å². The predicted octanol–water partition coefficient (Wildman–Crippen LogP) is 2.79. The molecule has 2 fully saturated rings. The summed E-state index contributed by atoms with van der Waals surface area (Å²) < 4.78 is 14.0. The van der Waals surface area contributed by atoms with Gasteiger partial charge in [0, 0.05) is 5.02 Å². The Morgan fingerprint density at radius 3 is 2.25 bits per heavy atom. The number of fused-ring (bicyclic) bond motifs is 5. The van der Waals surface area contributed by atoms with Crippen molar-refractivity contribution in [1.29, 1.82) is 0 Å². The van der Waals surface area contributed by atoms with Crippen molar-refractivity contribution in [3.8, 4) is 0 Å². The van der Waals surface area contributed by atoms with Gasteiger partial charge in [-0.3, -0.25) is 9.59 Å². The van der Waals surface area contributed by atoms with Crippen molar-refractivity contribution < 1.29 is 14.0 Å². The Bertz CT molecular complexity index is 642. The normalized spacial score (nSPS) is 34.2. The number of allylic oxidation sites excluding steroid dienone is 2. The number of carbonyl (C=O) groups is 2. The van der Waals surface area contributed by atoms with Crippen LogP contribution < -0.4 is 4.90 Å². The third-order valence-electron chi connectivity index (χ3n) is 4.62. The summed E-state index contributed by atoms with van der Waals surface area (Å²) in [5.41, 5.74) is 0.0122. The summed E-state index contributed by atoms with van der Waals surface area (Å²) in [7, 11) is 0. The predicted molar refractivity (Wildman–Crippen MR) is 71.6 cm³/mol. The van der Waals surface area contributed by atoms with Crippen LogP contribution in [0.4, 0.5) is 10.1 Å². The van der Waals surface area contributed by atoms with Gasteiger partial charge in [-0.2, -0.15) is 0 Å². The van der Waals surface area contributed by atoms with Gasteiger partial charge >= 0.3 is 0 Å². The van der Waals surface area contributed by atoms with Crippen LogP contribution in [-0.4, -0.2) is 11.8 Å². The van der Waals surface area contributed by atoms with Crippen molar-refractivity contribution in [3.05, 3.63) is 41.2 Å². The summed E-state index contributed by atoms with van der Waals surface area (Å²) in [5.74, 6) is -1.57. The molecule has 3 aliphatic rings. The topological polar surface area (TPSA) is 37.4 Å². The zero-order valence-corrected chi connectivity index (χ0v) is 11.2. The number of amides is 2. The third kappa shape index (κ3) is 1.40. The molecule has 0 spiro atoms. The lowest BCUT2D eigenvalue weighted by Crippen LogP contribution is -2.33. The molecule has 102 valence electrons. The standard InChI is InChI=1S/C15H11ClFNO2/c16-9-3-4-11(10(17)6-9)18-14(19)12-7-1-2-8(5-7)13(12)15(18)20/h1-4,6-8,12-13H,5H2. The molecule has 4 atom stereocenters. The van der Waals surface area contributed by atoms with Crippen molar-refractivity contribution in [1.82, 2.24) is 0 Å². The number of halogens is 2. The van der Waals surface area contributed by atoms with Crippen molar-refractivity contribution in [2.24, 2.45) is 23.7 Å². The lowest BCUT2D eigenvalue weighted by Gasteiger charge is -2.17. The van der Waals surface area contributed by atoms with Crippen LogP contribution in [0.15, 0.2) is 30.4 Å². The minimum absolute atomic E-state index is 0.0122. The van der Waals surface area contributed by atoms with Crippen molar-refractivity contribution in [2.45, 2.75) is 6.42 Å². The van der Waals surface area contributed by atoms with E-state index >= 15 is 0 Å². The zero-order chi connectivity index (χ0) is 14.0. The molecule has 2 aliphatic carbocycles. The highest BCUT2D eigenvalue weighted by Crippen LogP contribution is 2.53. The molecule has 1 aromatic rings. The Labute approximate surface area is 120 Å². The number of rotatable bonds is 1. The molecule has 1 aromatic carbocycles. The van der Waals surface area contributed by atoms with Gasteiger partial charge in [0.1, 0.15) is 5.82 Å². The van der Waals surface area contributed by atoms with Gasteiger partial charge < -0.3 is 0 Å². The average Bonchev–Trinajstić information content (AvgIpc) is 3.06. The second kappa shape index (κ2) is 3.92. The molecular formula is C15H11ClFNO2. The first-order valence-corrected chi connectivity index (χ1v) is 6.97. The van der Waals surface area contributed by atoms with Crippen molar-refractivity contribution >= 4 is 29.1 Å². The van der Waals surface area contributed by atoms with E-state index in [2.05, 4.69) is 0 Å². The van der Waals surface area contributed by atoms with E-state index in [4.69, 9.17) is 11.6 Å². The number of imide groups is 1. The Kier molecular flexibility index (Phi) is 2.37. The average molecular weight is 292 g/mol. The van der Waals surface area contributed by atoms with Gasteiger partial charge in [-0.15, -0.1) is 0 Å². The monoisotopic (exact) mass is 291 g/mol. The number of nitrogens with zero attached hydrogens (tertiary/aromatic N) is 1. The Hall–Kier alpha value is -1.68. The molecule has 0 radical (unpaired) electrons. The summed E-state index contributed by atoms with van der Waals surface area (Å²) >= 11 is 5.71. The first-order valence-electron chi connectivity index (χ1n) is 6.59. The van der Waals surface area contributed by atoms with Crippen molar-refractivity contribution in [3.63, 3.8) is 0 Å². The van der Waals surface area contributed by atoms with Crippen LogP contribution in [0.5, 0.6) is 0 Å². The number of benzene rings is 1. The Morgan fingerprint density at radius 1 is 1.10 bits per heavy atom. The van der Waals surface area contributed by atoms with Gasteiger partial charge in [0.15, 0.2) is 0 Å². The number of hydrogen-bond donors (Lipinski definition) is 0. The largest absolute Gasteiger partial charge is 0.274 e. The summed E-state index contributed by atoms with van der Waals surface area (Å²) in [6.45, 7) is 0. The Balaban J connectivity index is 1.78. The number of anilines is 1. The lowest BCUT2D eigenvalue weighted by molar-refractivity contribution is -0.123. The number of hydrogen-bond acceptors (Lipinski definition) is 2. The SMILES string of the molecule is O=C1C2C3C=CC(C3)C2C(=O)N1c1ccc(Cl)cc1F. The first-order chi connectivity index (χ1) is 9.58. The van der Waals surface area contributed by atoms with E-state index in [0.717, 1.165) is 17.4 Å². The van der Waals surface area contributed by atoms with Crippen LogP contribution in [0.1, 0.15) is 6.42 Å². The smallest absolute Gasteiger partial charge is 0.238 e. The fraction of sp³-hybridized carbons (Fsp3) is 0.333. The van der Waals surface area contributed by atoms with E-state index in [1.165, 1.54) is 12.1 Å². The summed E-state index contributed by atoms with van der Waals surface area (Å²) in [6.07, 6.45) is 4.89. The first kappa shape index (κ1) is 12.1. The van der Waals surface area contributed by atoms with E-state index in [1.54, 1.807) is 0 Å². The molecule has 0 N–H and O–H groups in total. The highest BCUT2D eigenvalue weighted by Gasteiger charge is 2.59. The molecule has 4 rings (SSSR count). The molecule has 2 amide bonds. The minimum atomic E-state index is -0.639. The van der Waals surface area contributed by atoms with E-state index < -0.39 is 5.82 Å². The Morgan fingerprint density at radius 2 is 1.70 bits per heavy atom. The second-order valence-electron chi connectivity index (χ2n) is 5.61. The van der Waals surface area contributed by atoms with Crippen LogP contribution in [0.25, 0.3) is 0 Å². The maximum absolute atomic E-state index is 14.0. The molecule has 3 nitrogen and oxygen atoms in total. The highest BCUT2D eigenvalue weighted by atomic mass is 35.5. The summed E-state index contributed by atoms with van der Waals surface area (Å²) in [4.78, 5) is 26.0.